The van der Waals surface area contributed by atoms with Gasteiger partial charge in [-0.15, -0.1) is 10.2 Å². The number of rotatable bonds is 8. The molecule has 2 aromatic carbocycles. The van der Waals surface area contributed by atoms with Crippen LogP contribution in [0, 0.1) is 0 Å². The topological polar surface area (TPSA) is 120 Å². The number of nitrogens with one attached hydrogen (secondary N) is 1. The molecule has 0 saturated heterocycles. The minimum absolute atomic E-state index is 0.159. The van der Waals surface area contributed by atoms with Gasteiger partial charge in [0.1, 0.15) is 6.33 Å². The molecule has 29 heavy (non-hydrogen) atoms. The number of sulfonamides is 1. The molecule has 10 heteroatoms. The summed E-state index contributed by atoms with van der Waals surface area (Å²) >= 11 is 1.29. The van der Waals surface area contributed by atoms with Crippen molar-refractivity contribution in [1.29, 1.82) is 0 Å². The Morgan fingerprint density at radius 3 is 2.59 bits per heavy atom. The highest BCUT2D eigenvalue weighted by Gasteiger charge is 2.12. The van der Waals surface area contributed by atoms with Crippen LogP contribution in [0.2, 0.25) is 0 Å². The number of primary sulfonamides is 1. The number of anilines is 1. The van der Waals surface area contributed by atoms with Gasteiger partial charge in [-0.05, 0) is 35.7 Å². The van der Waals surface area contributed by atoms with E-state index in [0.717, 1.165) is 17.7 Å². The number of aryl methyl sites for hydroxylation is 1. The number of para-hydroxylation sites is 1. The van der Waals surface area contributed by atoms with Crippen LogP contribution in [-0.2, 0) is 27.0 Å². The zero-order valence-corrected chi connectivity index (χ0v) is 17.4. The summed E-state index contributed by atoms with van der Waals surface area (Å²) in [4.78, 5) is 12.3. The predicted octanol–water partition coefficient (Wildman–Crippen LogP) is 2.35. The average Bonchev–Trinajstić information content (AvgIpc) is 3.15. The predicted molar refractivity (Wildman–Crippen MR) is 113 cm³/mol. The van der Waals surface area contributed by atoms with E-state index in [9.17, 15) is 13.2 Å². The van der Waals surface area contributed by atoms with E-state index in [1.165, 1.54) is 11.8 Å². The standard InChI is InChI=1S/C19H21N5O3S2/c1-2-15-5-3-4-6-17(15)24-13-21-23-19(24)28-11-18(25)22-16-9-7-14(8-10-16)12-29(20,26)27/h3-10,13H,2,11-12H2,1H3,(H,22,25)(H2,20,26,27). The molecule has 0 spiro atoms. The number of aromatic nitrogens is 3. The third-order valence-corrected chi connectivity index (χ3v) is 5.77. The molecule has 0 aliphatic rings. The highest BCUT2D eigenvalue weighted by atomic mass is 32.2. The monoisotopic (exact) mass is 431 g/mol. The van der Waals surface area contributed by atoms with Gasteiger partial charge in [0, 0.05) is 5.69 Å². The van der Waals surface area contributed by atoms with Crippen LogP contribution in [0.15, 0.2) is 60.0 Å². The van der Waals surface area contributed by atoms with E-state index in [4.69, 9.17) is 5.14 Å². The fraction of sp³-hybridized carbons (Fsp3) is 0.211. The quantitative estimate of drug-likeness (QED) is 0.528. The third kappa shape index (κ3) is 5.89. The average molecular weight is 432 g/mol. The van der Waals surface area contributed by atoms with Crippen LogP contribution in [-0.4, -0.2) is 34.8 Å². The summed E-state index contributed by atoms with van der Waals surface area (Å²) in [7, 11) is -3.58. The minimum Gasteiger partial charge on any atom is -0.325 e. The summed E-state index contributed by atoms with van der Waals surface area (Å²) < 4.78 is 24.1. The number of nitrogens with zero attached hydrogens (tertiary/aromatic N) is 3. The summed E-state index contributed by atoms with van der Waals surface area (Å²) in [5.41, 5.74) is 3.29. The van der Waals surface area contributed by atoms with Gasteiger partial charge < -0.3 is 5.32 Å². The molecule has 3 N–H and O–H groups in total. The minimum atomic E-state index is -3.58. The maximum absolute atomic E-state index is 12.3. The van der Waals surface area contributed by atoms with E-state index in [0.29, 0.717) is 16.4 Å². The van der Waals surface area contributed by atoms with E-state index in [1.54, 1.807) is 30.6 Å². The van der Waals surface area contributed by atoms with Crippen molar-refractivity contribution in [3.05, 3.63) is 66.0 Å². The number of amides is 1. The van der Waals surface area contributed by atoms with Crippen molar-refractivity contribution in [2.75, 3.05) is 11.1 Å². The van der Waals surface area contributed by atoms with Gasteiger partial charge in [-0.25, -0.2) is 13.6 Å². The van der Waals surface area contributed by atoms with Gasteiger partial charge in [0.15, 0.2) is 5.16 Å². The van der Waals surface area contributed by atoms with Crippen LogP contribution in [0.5, 0.6) is 0 Å². The molecule has 0 bridgehead atoms. The normalized spacial score (nSPS) is 11.4. The molecule has 152 valence electrons. The van der Waals surface area contributed by atoms with Crippen LogP contribution in [0.4, 0.5) is 5.69 Å². The van der Waals surface area contributed by atoms with Crippen molar-refractivity contribution in [3.63, 3.8) is 0 Å². The van der Waals surface area contributed by atoms with Crippen molar-refractivity contribution in [2.24, 2.45) is 5.14 Å². The summed E-state index contributed by atoms with van der Waals surface area (Å²) in [6.07, 6.45) is 2.51. The SMILES string of the molecule is CCc1ccccc1-n1cnnc1SCC(=O)Nc1ccc(CS(N)(=O)=O)cc1. The Kier molecular flexibility index (Phi) is 6.68. The molecule has 1 aromatic heterocycles. The second-order valence-electron chi connectivity index (χ2n) is 6.31. The van der Waals surface area contributed by atoms with Crippen molar-refractivity contribution >= 4 is 33.4 Å². The van der Waals surface area contributed by atoms with Crippen LogP contribution in [0.1, 0.15) is 18.1 Å². The fourth-order valence-electron chi connectivity index (χ4n) is 2.78. The van der Waals surface area contributed by atoms with Crippen LogP contribution < -0.4 is 10.5 Å². The first-order valence-electron chi connectivity index (χ1n) is 8.86. The van der Waals surface area contributed by atoms with Gasteiger partial charge in [-0.3, -0.25) is 9.36 Å². The van der Waals surface area contributed by atoms with Gasteiger partial charge in [-0.1, -0.05) is 49.0 Å². The first-order chi connectivity index (χ1) is 13.9. The maximum atomic E-state index is 12.3. The first-order valence-corrected chi connectivity index (χ1v) is 11.6. The third-order valence-electron chi connectivity index (χ3n) is 4.09. The lowest BCUT2D eigenvalue weighted by atomic mass is 10.1. The van der Waals surface area contributed by atoms with E-state index in [2.05, 4.69) is 28.5 Å². The Balaban J connectivity index is 1.61. The highest BCUT2D eigenvalue weighted by Crippen LogP contribution is 2.22. The molecule has 8 nitrogen and oxygen atoms in total. The largest absolute Gasteiger partial charge is 0.325 e. The van der Waals surface area contributed by atoms with Crippen molar-refractivity contribution in [1.82, 2.24) is 14.8 Å². The Morgan fingerprint density at radius 1 is 1.17 bits per heavy atom. The lowest BCUT2D eigenvalue weighted by molar-refractivity contribution is -0.113. The van der Waals surface area contributed by atoms with Gasteiger partial charge in [0.05, 0.1) is 17.2 Å². The highest BCUT2D eigenvalue weighted by molar-refractivity contribution is 7.99. The summed E-state index contributed by atoms with van der Waals surface area (Å²) in [5.74, 6) is -0.287. The number of hydrogen-bond donors (Lipinski definition) is 2. The Labute approximate surface area is 173 Å². The second kappa shape index (κ2) is 9.21. The van der Waals surface area contributed by atoms with Crippen LogP contribution in [0.3, 0.4) is 0 Å². The smallest absolute Gasteiger partial charge is 0.234 e. The molecule has 0 fully saturated rings. The molecule has 0 radical (unpaired) electrons. The molecule has 0 unspecified atom stereocenters. The number of carbonyl (C=O) groups excluding carboxylic acids is 1. The lowest BCUT2D eigenvalue weighted by Crippen LogP contribution is -2.15. The Bertz CT molecular complexity index is 1100. The number of benzene rings is 2. The number of hydrogen-bond acceptors (Lipinski definition) is 6. The molecule has 3 rings (SSSR count). The van der Waals surface area contributed by atoms with E-state index >= 15 is 0 Å². The molecule has 0 atom stereocenters. The van der Waals surface area contributed by atoms with Crippen molar-refractivity contribution in [2.45, 2.75) is 24.3 Å². The fourth-order valence-corrected chi connectivity index (χ4v) is 4.16. The number of carbonyl (C=O) groups is 1. The first kappa shape index (κ1) is 21.0. The molecule has 0 aliphatic carbocycles. The zero-order chi connectivity index (χ0) is 20.9. The molecule has 0 aliphatic heterocycles. The summed E-state index contributed by atoms with van der Waals surface area (Å²) in [5, 5.41) is 16.5. The van der Waals surface area contributed by atoms with Crippen LogP contribution in [0.25, 0.3) is 5.69 Å². The van der Waals surface area contributed by atoms with Crippen molar-refractivity contribution < 1.29 is 13.2 Å². The van der Waals surface area contributed by atoms with E-state index in [-0.39, 0.29) is 17.4 Å². The molecule has 1 amide bonds. The summed E-state index contributed by atoms with van der Waals surface area (Å²) in [6.45, 7) is 2.08. The second-order valence-corrected chi connectivity index (χ2v) is 8.86. The molecular formula is C19H21N5O3S2. The molecule has 3 aromatic rings. The van der Waals surface area contributed by atoms with E-state index in [1.807, 2.05) is 22.8 Å². The number of thioether (sulfide) groups is 1. The number of nitrogens with two attached hydrogens (primary N) is 1. The Morgan fingerprint density at radius 2 is 1.90 bits per heavy atom. The zero-order valence-electron chi connectivity index (χ0n) is 15.8. The maximum Gasteiger partial charge on any atom is 0.234 e. The Hall–Kier alpha value is -2.69. The van der Waals surface area contributed by atoms with Gasteiger partial charge in [0.25, 0.3) is 0 Å². The molecule has 0 saturated carbocycles. The molecule has 1 heterocycles. The van der Waals surface area contributed by atoms with Crippen LogP contribution >= 0.6 is 11.8 Å². The summed E-state index contributed by atoms with van der Waals surface area (Å²) in [6, 6.07) is 14.5. The van der Waals surface area contributed by atoms with Gasteiger partial charge in [-0.2, -0.15) is 0 Å². The van der Waals surface area contributed by atoms with Gasteiger partial charge >= 0.3 is 0 Å². The van der Waals surface area contributed by atoms with Crippen molar-refractivity contribution in [3.8, 4) is 5.69 Å². The van der Waals surface area contributed by atoms with Gasteiger partial charge in [0.2, 0.25) is 15.9 Å². The lowest BCUT2D eigenvalue weighted by Gasteiger charge is -2.10. The molecular weight excluding hydrogens is 410 g/mol. The van der Waals surface area contributed by atoms with E-state index < -0.39 is 10.0 Å².